The molecule has 1 heterocycles. The third-order valence-electron chi connectivity index (χ3n) is 1.57. The molecule has 0 aliphatic heterocycles. The quantitative estimate of drug-likeness (QED) is 0.203. The number of amidine groups is 1. The van der Waals surface area contributed by atoms with Crippen molar-refractivity contribution in [3.63, 3.8) is 0 Å². The Morgan fingerprint density at radius 3 is 2.79 bits per heavy atom. The first-order valence-corrected chi connectivity index (χ1v) is 3.77. The zero-order valence-electron chi connectivity index (χ0n) is 7.69. The number of nitrogen functional groups attached to an aromatic ring is 1. The number of nitrogens with zero attached hydrogens (tertiary/aromatic N) is 2. The molecule has 0 aromatic carbocycles. The lowest BCUT2D eigenvalue weighted by atomic mass is 10.2. The van der Waals surface area contributed by atoms with Crippen molar-refractivity contribution < 1.29 is 4.74 Å². The fourth-order valence-corrected chi connectivity index (χ4v) is 0.962. The van der Waals surface area contributed by atoms with Gasteiger partial charge in [0.25, 0.3) is 0 Å². The van der Waals surface area contributed by atoms with Crippen molar-refractivity contribution in [3.8, 4) is 5.88 Å². The molecule has 7 heteroatoms. The average Bonchev–Trinajstić information content (AvgIpc) is 2.19. The van der Waals surface area contributed by atoms with E-state index in [1.54, 1.807) is 12.1 Å². The molecule has 14 heavy (non-hydrogen) atoms. The van der Waals surface area contributed by atoms with Crippen molar-refractivity contribution in [1.29, 1.82) is 0 Å². The van der Waals surface area contributed by atoms with Crippen molar-refractivity contribution in [3.05, 3.63) is 17.7 Å². The summed E-state index contributed by atoms with van der Waals surface area (Å²) in [6, 6.07) is 3.19. The summed E-state index contributed by atoms with van der Waals surface area (Å²) < 4.78 is 4.92. The van der Waals surface area contributed by atoms with Crippen LogP contribution in [0.4, 0.5) is 5.82 Å². The molecule has 0 bridgehead atoms. The molecular weight excluding hydrogens is 184 g/mol. The Kier molecular flexibility index (Phi) is 3.08. The van der Waals surface area contributed by atoms with Crippen molar-refractivity contribution in [2.24, 2.45) is 16.8 Å². The van der Waals surface area contributed by atoms with Crippen molar-refractivity contribution in [2.75, 3.05) is 12.8 Å². The van der Waals surface area contributed by atoms with Gasteiger partial charge >= 0.3 is 0 Å². The second-order valence-electron chi connectivity index (χ2n) is 2.45. The molecule has 0 saturated heterocycles. The zero-order chi connectivity index (χ0) is 10.6. The van der Waals surface area contributed by atoms with Crippen LogP contribution in [0, 0.1) is 0 Å². The monoisotopic (exact) mass is 196 g/mol. The van der Waals surface area contributed by atoms with E-state index in [4.69, 9.17) is 22.2 Å². The van der Waals surface area contributed by atoms with Gasteiger partial charge in [-0.2, -0.15) is 10.1 Å². The summed E-state index contributed by atoms with van der Waals surface area (Å²) in [6.45, 7) is 0. The molecule has 76 valence electrons. The first-order chi connectivity index (χ1) is 6.71. The van der Waals surface area contributed by atoms with E-state index >= 15 is 0 Å². The lowest BCUT2D eigenvalue weighted by Gasteiger charge is -2.06. The predicted octanol–water partition coefficient (Wildman–Crippen LogP) is -1.24. The Bertz CT molecular complexity index is 350. The highest BCUT2D eigenvalue weighted by molar-refractivity contribution is 5.98. The highest BCUT2D eigenvalue weighted by atomic mass is 16.5. The van der Waals surface area contributed by atoms with Crippen LogP contribution < -0.4 is 27.6 Å². The molecule has 7 nitrogen and oxygen atoms in total. The highest BCUT2D eigenvalue weighted by Crippen LogP contribution is 2.13. The minimum atomic E-state index is 0.302. The van der Waals surface area contributed by atoms with Gasteiger partial charge in [0.2, 0.25) is 5.88 Å². The number of nitrogens with two attached hydrogens (primary N) is 3. The summed E-state index contributed by atoms with van der Waals surface area (Å²) in [5, 5.41) is 3.43. The van der Waals surface area contributed by atoms with Crippen molar-refractivity contribution in [2.45, 2.75) is 0 Å². The normalized spacial score (nSPS) is 11.1. The maximum absolute atomic E-state index is 5.53. The maximum Gasteiger partial charge on any atom is 0.215 e. The van der Waals surface area contributed by atoms with Gasteiger partial charge in [0, 0.05) is 11.6 Å². The molecule has 0 spiro atoms. The first-order valence-electron chi connectivity index (χ1n) is 3.77. The number of aromatic nitrogens is 1. The van der Waals surface area contributed by atoms with Crippen molar-refractivity contribution in [1.82, 2.24) is 10.4 Å². The molecule has 0 aliphatic carbocycles. The molecule has 0 atom stereocenters. The molecule has 7 N–H and O–H groups in total. The van der Waals surface area contributed by atoms with Gasteiger partial charge in [-0.3, -0.25) is 0 Å². The minimum Gasteiger partial charge on any atom is -0.481 e. The standard InChI is InChI=1S/C7H12N6O/c1-14-6-3-4(2-5(8)11-6)7(12-9)13-10/h2-3H,9-10H2,1H3,(H2,8,11)(H,12,13). The Hall–Kier alpha value is -2.02. The van der Waals surface area contributed by atoms with Crippen LogP contribution >= 0.6 is 0 Å². The number of methoxy groups -OCH3 is 1. The first kappa shape index (κ1) is 10.1. The van der Waals surface area contributed by atoms with Crippen LogP contribution in [0.2, 0.25) is 0 Å². The zero-order valence-corrected chi connectivity index (χ0v) is 7.69. The van der Waals surface area contributed by atoms with Gasteiger partial charge in [-0.25, -0.2) is 5.84 Å². The van der Waals surface area contributed by atoms with Crippen LogP contribution in [-0.2, 0) is 0 Å². The lowest BCUT2D eigenvalue weighted by molar-refractivity contribution is 0.398. The molecular formula is C7H12N6O. The van der Waals surface area contributed by atoms with Crippen molar-refractivity contribution >= 4 is 11.7 Å². The fourth-order valence-electron chi connectivity index (χ4n) is 0.962. The van der Waals surface area contributed by atoms with Gasteiger partial charge in [0.05, 0.1) is 7.11 Å². The third kappa shape index (κ3) is 2.02. The van der Waals surface area contributed by atoms with Crippen LogP contribution in [0.3, 0.4) is 0 Å². The second kappa shape index (κ2) is 4.28. The SMILES string of the molecule is COc1cc(/C(=N/N)NN)cc(N)n1. The van der Waals surface area contributed by atoms with E-state index in [0.717, 1.165) is 0 Å². The summed E-state index contributed by atoms with van der Waals surface area (Å²) in [5.74, 6) is 11.3. The summed E-state index contributed by atoms with van der Waals surface area (Å²) in [5.41, 5.74) is 8.47. The van der Waals surface area contributed by atoms with Gasteiger partial charge in [-0.1, -0.05) is 0 Å². The predicted molar refractivity (Wildman–Crippen MR) is 53.2 cm³/mol. The number of pyridine rings is 1. The molecule has 0 amide bonds. The Morgan fingerprint density at radius 1 is 1.57 bits per heavy atom. The summed E-state index contributed by atoms with van der Waals surface area (Å²) in [4.78, 5) is 3.89. The van der Waals surface area contributed by atoms with E-state index in [-0.39, 0.29) is 0 Å². The largest absolute Gasteiger partial charge is 0.481 e. The van der Waals surface area contributed by atoms with Crippen LogP contribution in [0.5, 0.6) is 5.88 Å². The second-order valence-corrected chi connectivity index (χ2v) is 2.45. The number of rotatable bonds is 2. The number of ether oxygens (including phenoxy) is 1. The molecule has 0 radical (unpaired) electrons. The van der Waals surface area contributed by atoms with Crippen LogP contribution in [0.15, 0.2) is 17.2 Å². The molecule has 1 aromatic heterocycles. The molecule has 1 aromatic rings. The van der Waals surface area contributed by atoms with Gasteiger partial charge in [-0.15, -0.1) is 0 Å². The topological polar surface area (TPSA) is 125 Å². The Balaban J connectivity index is 3.14. The third-order valence-corrected chi connectivity index (χ3v) is 1.57. The molecule has 0 aliphatic rings. The number of nitrogens with one attached hydrogen (secondary N) is 1. The average molecular weight is 196 g/mol. The lowest BCUT2D eigenvalue weighted by Crippen LogP contribution is -2.32. The van der Waals surface area contributed by atoms with Crippen LogP contribution in [-0.4, -0.2) is 17.9 Å². The van der Waals surface area contributed by atoms with E-state index in [9.17, 15) is 0 Å². The van der Waals surface area contributed by atoms with Gasteiger partial charge < -0.3 is 21.7 Å². The van der Waals surface area contributed by atoms with E-state index in [0.29, 0.717) is 23.1 Å². The highest BCUT2D eigenvalue weighted by Gasteiger charge is 2.05. The number of hydrogen-bond donors (Lipinski definition) is 4. The molecule has 0 unspecified atom stereocenters. The number of hydrazine groups is 1. The van der Waals surface area contributed by atoms with Crippen LogP contribution in [0.25, 0.3) is 0 Å². The molecule has 0 saturated carbocycles. The number of anilines is 1. The van der Waals surface area contributed by atoms with Gasteiger partial charge in [-0.05, 0) is 6.07 Å². The summed E-state index contributed by atoms with van der Waals surface area (Å²) >= 11 is 0. The summed E-state index contributed by atoms with van der Waals surface area (Å²) in [6.07, 6.45) is 0. The molecule has 0 fully saturated rings. The van der Waals surface area contributed by atoms with E-state index < -0.39 is 0 Å². The molecule has 1 rings (SSSR count). The van der Waals surface area contributed by atoms with Crippen LogP contribution in [0.1, 0.15) is 5.56 Å². The Labute approximate surface area is 80.9 Å². The fraction of sp³-hybridized carbons (Fsp3) is 0.143. The van der Waals surface area contributed by atoms with Gasteiger partial charge in [0.1, 0.15) is 5.82 Å². The minimum absolute atomic E-state index is 0.302. The summed E-state index contributed by atoms with van der Waals surface area (Å²) in [7, 11) is 1.49. The Morgan fingerprint density at radius 2 is 2.29 bits per heavy atom. The van der Waals surface area contributed by atoms with Gasteiger partial charge in [0.15, 0.2) is 5.84 Å². The number of hydrogen-bond acceptors (Lipinski definition) is 6. The van der Waals surface area contributed by atoms with E-state index in [2.05, 4.69) is 15.5 Å². The van der Waals surface area contributed by atoms with E-state index in [1.165, 1.54) is 7.11 Å². The maximum atomic E-state index is 5.53. The van der Waals surface area contributed by atoms with E-state index in [1.807, 2.05) is 0 Å². The number of hydrazone groups is 1. The smallest absolute Gasteiger partial charge is 0.215 e.